The van der Waals surface area contributed by atoms with Crippen molar-refractivity contribution in [3.05, 3.63) is 23.8 Å². The summed E-state index contributed by atoms with van der Waals surface area (Å²) in [5.41, 5.74) is 11.7. The molecule has 6 nitrogen and oxygen atoms in total. The van der Waals surface area contributed by atoms with Crippen molar-refractivity contribution in [1.82, 2.24) is 0 Å². The predicted molar refractivity (Wildman–Crippen MR) is 77.1 cm³/mol. The van der Waals surface area contributed by atoms with Crippen molar-refractivity contribution in [3.8, 4) is 5.75 Å². The second-order valence-electron chi connectivity index (χ2n) is 5.69. The van der Waals surface area contributed by atoms with E-state index in [0.29, 0.717) is 30.2 Å². The molecule has 1 amide bonds. The molecule has 0 aromatic heterocycles. The monoisotopic (exact) mass is 292 g/mol. The summed E-state index contributed by atoms with van der Waals surface area (Å²) in [6, 6.07) is 4.95. The van der Waals surface area contributed by atoms with E-state index >= 15 is 0 Å². The Morgan fingerprint density at radius 2 is 2.24 bits per heavy atom. The van der Waals surface area contributed by atoms with Crippen LogP contribution in [0.15, 0.2) is 18.2 Å². The van der Waals surface area contributed by atoms with Crippen molar-refractivity contribution in [3.63, 3.8) is 0 Å². The first kappa shape index (κ1) is 14.2. The summed E-state index contributed by atoms with van der Waals surface area (Å²) in [5, 5.41) is 0. The number of primary amides is 1. The topological polar surface area (TPSA) is 96.8 Å². The normalized spacial score (nSPS) is 28.7. The molecule has 0 aliphatic carbocycles. The Hall–Kier alpha value is -1.79. The molecule has 2 saturated heterocycles. The Balaban J connectivity index is 1.75. The van der Waals surface area contributed by atoms with Crippen LogP contribution >= 0.6 is 0 Å². The number of benzene rings is 1. The summed E-state index contributed by atoms with van der Waals surface area (Å²) in [7, 11) is 0. The van der Waals surface area contributed by atoms with Crippen molar-refractivity contribution in [2.75, 3.05) is 25.6 Å². The lowest BCUT2D eigenvalue weighted by Gasteiger charge is -2.37. The summed E-state index contributed by atoms with van der Waals surface area (Å²) >= 11 is 0. The van der Waals surface area contributed by atoms with Gasteiger partial charge in [-0.3, -0.25) is 4.79 Å². The first-order valence-corrected chi connectivity index (χ1v) is 7.16. The second-order valence-corrected chi connectivity index (χ2v) is 5.69. The van der Waals surface area contributed by atoms with Crippen LogP contribution in [0.2, 0.25) is 0 Å². The van der Waals surface area contributed by atoms with E-state index < -0.39 is 5.91 Å². The fraction of sp³-hybridized carbons (Fsp3) is 0.533. The van der Waals surface area contributed by atoms with E-state index in [-0.39, 0.29) is 11.7 Å². The van der Waals surface area contributed by atoms with Gasteiger partial charge in [0.1, 0.15) is 11.9 Å². The summed E-state index contributed by atoms with van der Waals surface area (Å²) in [6.07, 6.45) is 2.42. The van der Waals surface area contributed by atoms with E-state index in [4.69, 9.17) is 25.7 Å². The van der Waals surface area contributed by atoms with E-state index in [0.717, 1.165) is 25.9 Å². The number of anilines is 1. The highest BCUT2D eigenvalue weighted by atomic mass is 16.6. The third-order valence-electron chi connectivity index (χ3n) is 4.08. The van der Waals surface area contributed by atoms with Gasteiger partial charge in [0.05, 0.1) is 24.4 Å². The summed E-state index contributed by atoms with van der Waals surface area (Å²) in [5.74, 6) is -0.0547. The molecule has 2 aliphatic rings. The smallest absolute Gasteiger partial charge is 0.252 e. The summed E-state index contributed by atoms with van der Waals surface area (Å²) in [6.45, 7) is 1.97. The van der Waals surface area contributed by atoms with Crippen LogP contribution in [-0.2, 0) is 9.47 Å². The number of ether oxygens (including phenoxy) is 3. The molecule has 1 aromatic carbocycles. The minimum absolute atomic E-state index is 0.0119. The number of hydrogen-bond acceptors (Lipinski definition) is 5. The molecule has 0 bridgehead atoms. The molecule has 4 N–H and O–H groups in total. The molecule has 21 heavy (non-hydrogen) atoms. The molecule has 1 spiro atoms. The number of carbonyl (C=O) groups excluding carboxylic acids is 1. The minimum atomic E-state index is -0.539. The van der Waals surface area contributed by atoms with Crippen LogP contribution in [0.1, 0.15) is 29.6 Å². The molecule has 114 valence electrons. The first-order chi connectivity index (χ1) is 10.1. The van der Waals surface area contributed by atoms with Crippen molar-refractivity contribution in [2.45, 2.75) is 31.0 Å². The first-order valence-electron chi connectivity index (χ1n) is 7.16. The van der Waals surface area contributed by atoms with Crippen LogP contribution in [0.4, 0.5) is 5.69 Å². The van der Waals surface area contributed by atoms with Gasteiger partial charge in [0.15, 0.2) is 0 Å². The Labute approximate surface area is 123 Å². The van der Waals surface area contributed by atoms with Gasteiger partial charge in [-0.05, 0) is 18.2 Å². The molecule has 2 aliphatic heterocycles. The Morgan fingerprint density at radius 3 is 2.95 bits per heavy atom. The van der Waals surface area contributed by atoms with Crippen LogP contribution in [0.5, 0.6) is 5.75 Å². The Bertz CT molecular complexity index is 540. The summed E-state index contributed by atoms with van der Waals surface area (Å²) in [4.78, 5) is 11.5. The van der Waals surface area contributed by atoms with Gasteiger partial charge in [-0.15, -0.1) is 0 Å². The number of nitrogens with two attached hydrogens (primary N) is 2. The maximum absolute atomic E-state index is 11.5. The number of rotatable bonds is 3. The lowest BCUT2D eigenvalue weighted by atomic mass is 9.91. The standard InChI is InChI=1S/C15H20N2O4/c16-10-1-2-13(12(7-10)14(17)18)21-11-3-5-20-15(8-11)4-6-19-9-15/h1-2,7,11H,3-6,8-9,16H2,(H2,17,18). The van der Waals surface area contributed by atoms with E-state index in [9.17, 15) is 4.79 Å². The number of nitrogen functional groups attached to an aromatic ring is 1. The van der Waals surface area contributed by atoms with Crippen LogP contribution in [-0.4, -0.2) is 37.4 Å². The van der Waals surface area contributed by atoms with Gasteiger partial charge in [-0.1, -0.05) is 0 Å². The third kappa shape index (κ3) is 2.96. The van der Waals surface area contributed by atoms with Crippen molar-refractivity contribution >= 4 is 11.6 Å². The van der Waals surface area contributed by atoms with Crippen molar-refractivity contribution < 1.29 is 19.0 Å². The zero-order valence-electron chi connectivity index (χ0n) is 11.8. The second kappa shape index (κ2) is 5.54. The van der Waals surface area contributed by atoms with Gasteiger partial charge >= 0.3 is 0 Å². The van der Waals surface area contributed by atoms with Gasteiger partial charge in [-0.25, -0.2) is 0 Å². The Kier molecular flexibility index (Phi) is 3.73. The fourth-order valence-corrected chi connectivity index (χ4v) is 2.97. The average molecular weight is 292 g/mol. The highest BCUT2D eigenvalue weighted by Gasteiger charge is 2.42. The zero-order valence-corrected chi connectivity index (χ0v) is 11.8. The average Bonchev–Trinajstić information content (AvgIpc) is 2.88. The van der Waals surface area contributed by atoms with Crippen LogP contribution in [0.3, 0.4) is 0 Å². The molecule has 0 radical (unpaired) electrons. The Morgan fingerprint density at radius 1 is 1.38 bits per heavy atom. The minimum Gasteiger partial charge on any atom is -0.489 e. The van der Waals surface area contributed by atoms with E-state index in [2.05, 4.69) is 0 Å². The maximum atomic E-state index is 11.5. The highest BCUT2D eigenvalue weighted by molar-refractivity contribution is 5.96. The van der Waals surface area contributed by atoms with Gasteiger partial charge in [0.25, 0.3) is 5.91 Å². The molecule has 2 fully saturated rings. The molecule has 3 rings (SSSR count). The van der Waals surface area contributed by atoms with Gasteiger partial charge in [-0.2, -0.15) is 0 Å². The SMILES string of the molecule is NC(=O)c1cc(N)ccc1OC1CCOC2(CCOC2)C1. The molecule has 6 heteroatoms. The van der Waals surface area contributed by atoms with Crippen LogP contribution in [0, 0.1) is 0 Å². The molecular formula is C15H20N2O4. The zero-order chi connectivity index (χ0) is 14.9. The molecule has 1 aromatic rings. The fourth-order valence-electron chi connectivity index (χ4n) is 2.97. The molecule has 2 atom stereocenters. The molecule has 0 saturated carbocycles. The number of hydrogen-bond donors (Lipinski definition) is 2. The van der Waals surface area contributed by atoms with E-state index in [1.807, 2.05) is 0 Å². The van der Waals surface area contributed by atoms with Crippen molar-refractivity contribution in [1.29, 1.82) is 0 Å². The molecular weight excluding hydrogens is 272 g/mol. The number of carbonyl (C=O) groups is 1. The van der Waals surface area contributed by atoms with Crippen LogP contribution in [0.25, 0.3) is 0 Å². The third-order valence-corrected chi connectivity index (χ3v) is 4.08. The van der Waals surface area contributed by atoms with Gasteiger partial charge < -0.3 is 25.7 Å². The lowest BCUT2D eigenvalue weighted by Crippen LogP contribution is -2.44. The highest BCUT2D eigenvalue weighted by Crippen LogP contribution is 2.35. The van der Waals surface area contributed by atoms with Crippen molar-refractivity contribution in [2.24, 2.45) is 5.73 Å². The molecule has 2 unspecified atom stereocenters. The quantitative estimate of drug-likeness (QED) is 0.813. The summed E-state index contributed by atoms with van der Waals surface area (Å²) < 4.78 is 17.3. The maximum Gasteiger partial charge on any atom is 0.252 e. The van der Waals surface area contributed by atoms with Gasteiger partial charge in [0, 0.05) is 31.6 Å². The van der Waals surface area contributed by atoms with Crippen LogP contribution < -0.4 is 16.2 Å². The van der Waals surface area contributed by atoms with E-state index in [1.54, 1.807) is 18.2 Å². The molecule has 2 heterocycles. The largest absolute Gasteiger partial charge is 0.489 e. The van der Waals surface area contributed by atoms with E-state index in [1.165, 1.54) is 0 Å². The number of amides is 1. The van der Waals surface area contributed by atoms with Gasteiger partial charge in [0.2, 0.25) is 0 Å². The predicted octanol–water partition coefficient (Wildman–Crippen LogP) is 1.08. The lowest BCUT2D eigenvalue weighted by molar-refractivity contribution is -0.112.